The van der Waals surface area contributed by atoms with E-state index in [9.17, 15) is 8.42 Å². The molecule has 0 heterocycles. The van der Waals surface area contributed by atoms with Crippen LogP contribution in [0.3, 0.4) is 0 Å². The second-order valence-electron chi connectivity index (χ2n) is 1.93. The molecule has 12 heavy (non-hydrogen) atoms. The van der Waals surface area contributed by atoms with E-state index in [1.165, 1.54) is 16.4 Å². The van der Waals surface area contributed by atoms with E-state index in [-0.39, 0.29) is 5.75 Å². The van der Waals surface area contributed by atoms with Crippen molar-refractivity contribution in [2.75, 3.05) is 0 Å². The quantitative estimate of drug-likeness (QED) is 0.754. The maximum Gasteiger partial charge on any atom is 0.396 e. The standard InChI is InChI=1S/C6H6ClNO3S/c7-8-12(9,10)11-6-4-2-1-3-5-6/h1-5,8H. The molecule has 0 bridgehead atoms. The van der Waals surface area contributed by atoms with Gasteiger partial charge in [-0.3, -0.25) is 0 Å². The van der Waals surface area contributed by atoms with Crippen LogP contribution in [0.5, 0.6) is 5.75 Å². The molecule has 0 aliphatic carbocycles. The largest absolute Gasteiger partial charge is 0.396 e. The lowest BCUT2D eigenvalue weighted by atomic mass is 10.3. The molecule has 66 valence electrons. The first kappa shape index (κ1) is 9.31. The topological polar surface area (TPSA) is 55.4 Å². The molecule has 0 spiro atoms. The van der Waals surface area contributed by atoms with Crippen molar-refractivity contribution in [3.05, 3.63) is 30.3 Å². The molecule has 0 unspecified atom stereocenters. The molecule has 0 aliphatic rings. The Labute approximate surface area is 75.5 Å². The van der Waals surface area contributed by atoms with E-state index in [2.05, 4.69) is 4.18 Å². The average Bonchev–Trinajstić information content (AvgIpc) is 2.06. The lowest BCUT2D eigenvalue weighted by molar-refractivity contribution is 0.483. The van der Waals surface area contributed by atoms with Crippen molar-refractivity contribution in [1.82, 2.24) is 4.24 Å². The summed E-state index contributed by atoms with van der Waals surface area (Å²) in [5.41, 5.74) is 0. The Bertz CT molecular complexity index is 337. The van der Waals surface area contributed by atoms with Gasteiger partial charge in [0.1, 0.15) is 5.75 Å². The minimum atomic E-state index is -3.86. The summed E-state index contributed by atoms with van der Waals surface area (Å²) in [6.07, 6.45) is 0. The molecule has 0 radical (unpaired) electrons. The Kier molecular flexibility index (Phi) is 2.91. The molecule has 0 aromatic heterocycles. The zero-order chi connectivity index (χ0) is 9.03. The highest BCUT2D eigenvalue weighted by Crippen LogP contribution is 2.10. The fourth-order valence-corrected chi connectivity index (χ4v) is 1.11. The second-order valence-corrected chi connectivity index (χ2v) is 3.62. The molecule has 0 saturated carbocycles. The van der Waals surface area contributed by atoms with Crippen LogP contribution in [0.2, 0.25) is 0 Å². The van der Waals surface area contributed by atoms with Gasteiger partial charge in [-0.25, -0.2) is 0 Å². The number of rotatable bonds is 3. The minimum absolute atomic E-state index is 0.214. The van der Waals surface area contributed by atoms with Crippen LogP contribution in [0, 0.1) is 0 Å². The van der Waals surface area contributed by atoms with Crippen LogP contribution in [-0.4, -0.2) is 8.42 Å². The molecule has 0 saturated heterocycles. The van der Waals surface area contributed by atoms with E-state index < -0.39 is 10.3 Å². The van der Waals surface area contributed by atoms with Crippen LogP contribution in [0.25, 0.3) is 0 Å². The Morgan fingerprint density at radius 3 is 2.33 bits per heavy atom. The van der Waals surface area contributed by atoms with Crippen LogP contribution >= 0.6 is 11.8 Å². The van der Waals surface area contributed by atoms with E-state index in [0.29, 0.717) is 0 Å². The van der Waals surface area contributed by atoms with Crippen molar-refractivity contribution in [2.45, 2.75) is 0 Å². The summed E-state index contributed by atoms with van der Waals surface area (Å²) < 4.78 is 27.4. The molecular weight excluding hydrogens is 202 g/mol. The first-order valence-corrected chi connectivity index (χ1v) is 4.79. The number of halogens is 1. The van der Waals surface area contributed by atoms with E-state index in [1.807, 2.05) is 0 Å². The summed E-state index contributed by atoms with van der Waals surface area (Å²) >= 11 is 4.88. The number of nitrogens with one attached hydrogen (secondary N) is 1. The summed E-state index contributed by atoms with van der Waals surface area (Å²) in [7, 11) is -3.86. The molecule has 1 aromatic rings. The van der Waals surface area contributed by atoms with E-state index >= 15 is 0 Å². The predicted octanol–water partition coefficient (Wildman–Crippen LogP) is 1.05. The minimum Gasteiger partial charge on any atom is -0.370 e. The SMILES string of the molecule is O=S(=O)(NCl)Oc1ccccc1. The van der Waals surface area contributed by atoms with Gasteiger partial charge in [-0.1, -0.05) is 22.4 Å². The van der Waals surface area contributed by atoms with Crippen molar-refractivity contribution in [3.63, 3.8) is 0 Å². The van der Waals surface area contributed by atoms with Gasteiger partial charge in [0.05, 0.1) is 0 Å². The molecule has 0 atom stereocenters. The van der Waals surface area contributed by atoms with E-state index in [1.54, 1.807) is 18.2 Å². The Balaban J connectivity index is 2.78. The first-order valence-electron chi connectivity index (χ1n) is 3.01. The molecule has 0 amide bonds. The van der Waals surface area contributed by atoms with Crippen LogP contribution in [0.1, 0.15) is 0 Å². The fraction of sp³-hybridized carbons (Fsp3) is 0. The van der Waals surface area contributed by atoms with Gasteiger partial charge in [-0.05, 0) is 23.9 Å². The highest BCUT2D eigenvalue weighted by molar-refractivity contribution is 7.86. The summed E-state index contributed by atoms with van der Waals surface area (Å²) in [4.78, 5) is 0. The van der Waals surface area contributed by atoms with Crippen LogP contribution < -0.4 is 8.42 Å². The summed E-state index contributed by atoms with van der Waals surface area (Å²) in [5.74, 6) is 0.214. The smallest absolute Gasteiger partial charge is 0.370 e. The third kappa shape index (κ3) is 2.69. The monoisotopic (exact) mass is 207 g/mol. The van der Waals surface area contributed by atoms with Crippen molar-refractivity contribution in [2.24, 2.45) is 0 Å². The third-order valence-corrected chi connectivity index (χ3v) is 2.21. The maximum absolute atomic E-state index is 10.7. The Morgan fingerprint density at radius 2 is 1.83 bits per heavy atom. The highest BCUT2D eigenvalue weighted by Gasteiger charge is 2.08. The zero-order valence-corrected chi connectivity index (χ0v) is 7.47. The number of hydrogen-bond donors (Lipinski definition) is 1. The molecule has 0 fully saturated rings. The van der Waals surface area contributed by atoms with Crippen molar-refractivity contribution < 1.29 is 12.6 Å². The van der Waals surface area contributed by atoms with Crippen molar-refractivity contribution in [1.29, 1.82) is 0 Å². The molecular formula is C6H6ClNO3S. The molecule has 0 aliphatic heterocycles. The third-order valence-electron chi connectivity index (χ3n) is 1.04. The molecule has 1 rings (SSSR count). The molecule has 6 heteroatoms. The lowest BCUT2D eigenvalue weighted by Crippen LogP contribution is -2.19. The molecule has 4 nitrogen and oxygen atoms in total. The normalized spacial score (nSPS) is 11.1. The first-order chi connectivity index (χ1) is 5.64. The number of benzene rings is 1. The highest BCUT2D eigenvalue weighted by atomic mass is 35.5. The molecule has 1 N–H and O–H groups in total. The van der Waals surface area contributed by atoms with Crippen LogP contribution in [0.4, 0.5) is 0 Å². The van der Waals surface area contributed by atoms with Gasteiger partial charge in [0, 0.05) is 0 Å². The Hall–Kier alpha value is -0.780. The second kappa shape index (κ2) is 3.75. The number of para-hydroxylation sites is 1. The zero-order valence-electron chi connectivity index (χ0n) is 5.90. The maximum atomic E-state index is 10.7. The van der Waals surface area contributed by atoms with Gasteiger partial charge in [0.25, 0.3) is 0 Å². The Morgan fingerprint density at radius 1 is 1.25 bits per heavy atom. The summed E-state index contributed by atoms with van der Waals surface area (Å²) in [6.45, 7) is 0. The summed E-state index contributed by atoms with van der Waals surface area (Å²) in [5, 5.41) is 0. The predicted molar refractivity (Wildman–Crippen MR) is 45.0 cm³/mol. The van der Waals surface area contributed by atoms with Crippen molar-refractivity contribution >= 4 is 22.1 Å². The summed E-state index contributed by atoms with van der Waals surface area (Å²) in [6, 6.07) is 8.06. The van der Waals surface area contributed by atoms with Crippen molar-refractivity contribution in [3.8, 4) is 5.75 Å². The number of hydrogen-bond acceptors (Lipinski definition) is 3. The lowest BCUT2D eigenvalue weighted by Gasteiger charge is -2.02. The van der Waals surface area contributed by atoms with Gasteiger partial charge in [0.15, 0.2) is 0 Å². The van der Waals surface area contributed by atoms with E-state index in [0.717, 1.165) is 0 Å². The van der Waals surface area contributed by atoms with Gasteiger partial charge < -0.3 is 4.18 Å². The van der Waals surface area contributed by atoms with Gasteiger partial charge in [0.2, 0.25) is 0 Å². The van der Waals surface area contributed by atoms with Crippen LogP contribution in [0.15, 0.2) is 30.3 Å². The van der Waals surface area contributed by atoms with Crippen LogP contribution in [-0.2, 0) is 10.3 Å². The fourth-order valence-electron chi connectivity index (χ4n) is 0.618. The van der Waals surface area contributed by atoms with Gasteiger partial charge >= 0.3 is 10.3 Å². The van der Waals surface area contributed by atoms with E-state index in [4.69, 9.17) is 11.8 Å². The van der Waals surface area contributed by atoms with Gasteiger partial charge in [-0.2, -0.15) is 8.42 Å². The molecule has 1 aromatic carbocycles. The average molecular weight is 208 g/mol. The van der Waals surface area contributed by atoms with Gasteiger partial charge in [-0.15, -0.1) is 0 Å².